The van der Waals surface area contributed by atoms with Crippen LogP contribution in [-0.4, -0.2) is 29.7 Å². The average Bonchev–Trinajstić information content (AvgIpc) is 3.06. The molecule has 0 aromatic heterocycles. The smallest absolute Gasteiger partial charge is 0.321 e. The number of hydrogen-bond donors (Lipinski definition) is 2. The molecule has 1 aliphatic carbocycles. The molecule has 0 spiro atoms. The lowest BCUT2D eigenvalue weighted by atomic mass is 9.94. The van der Waals surface area contributed by atoms with Crippen LogP contribution in [0.25, 0.3) is 11.1 Å². The molecule has 5 nitrogen and oxygen atoms in total. The number of hydrogen-bond acceptors (Lipinski definition) is 4. The minimum atomic E-state index is -1.47. The molecular weight excluding hydrogens is 414 g/mol. The predicted molar refractivity (Wildman–Crippen MR) is 119 cm³/mol. The van der Waals surface area contributed by atoms with E-state index in [9.17, 15) is 14.7 Å². The number of aliphatic carboxylic acids is 1. The molecular formula is C25H22ClNO4. The Bertz CT molecular complexity index is 1080. The number of fused-ring (bicyclic) bond motifs is 3. The number of carboxylic acid groups (broad SMARTS) is 1. The van der Waals surface area contributed by atoms with Gasteiger partial charge in [0.25, 0.3) is 0 Å². The van der Waals surface area contributed by atoms with Gasteiger partial charge in [0.05, 0.1) is 0 Å². The molecule has 2 atom stereocenters. The van der Waals surface area contributed by atoms with Crippen molar-refractivity contribution in [2.45, 2.75) is 18.4 Å². The largest absolute Gasteiger partial charge is 0.481 e. The molecule has 0 bridgehead atoms. The molecule has 0 unspecified atom stereocenters. The number of nitrogens with two attached hydrogens (primary N) is 1. The first-order valence-electron chi connectivity index (χ1n) is 10.0. The molecule has 3 aromatic carbocycles. The van der Waals surface area contributed by atoms with Gasteiger partial charge in [0.15, 0.2) is 5.92 Å². The Morgan fingerprint density at radius 2 is 1.58 bits per heavy atom. The second kappa shape index (κ2) is 8.92. The molecule has 3 aromatic rings. The highest BCUT2D eigenvalue weighted by molar-refractivity contribution is 6.30. The van der Waals surface area contributed by atoms with Gasteiger partial charge in [0.2, 0.25) is 0 Å². The second-order valence-electron chi connectivity index (χ2n) is 7.67. The number of benzene rings is 3. The first-order chi connectivity index (χ1) is 15.0. The van der Waals surface area contributed by atoms with Gasteiger partial charge in [-0.25, -0.2) is 0 Å². The maximum absolute atomic E-state index is 12.8. The van der Waals surface area contributed by atoms with Gasteiger partial charge in [-0.3, -0.25) is 9.59 Å². The molecule has 31 heavy (non-hydrogen) atoms. The summed E-state index contributed by atoms with van der Waals surface area (Å²) < 4.78 is 5.52. The number of carboxylic acids is 1. The molecule has 0 aliphatic heterocycles. The summed E-state index contributed by atoms with van der Waals surface area (Å²) in [5, 5.41) is 10.2. The van der Waals surface area contributed by atoms with E-state index in [2.05, 4.69) is 0 Å². The van der Waals surface area contributed by atoms with Crippen LogP contribution in [0.5, 0.6) is 0 Å². The molecule has 0 saturated carbocycles. The zero-order chi connectivity index (χ0) is 22.0. The number of esters is 1. The zero-order valence-electron chi connectivity index (χ0n) is 16.7. The molecule has 0 saturated heterocycles. The van der Waals surface area contributed by atoms with E-state index in [1.807, 2.05) is 48.5 Å². The standard InChI is InChI=1S/C25H22ClNO4/c26-16-7-5-6-15(12-16)13-22(27)23(24(28)29)25(30)31-14-21-19-10-3-1-8-17(19)18-9-2-4-11-20(18)21/h1-12,21-23H,13-14,27H2,(H,28,29)/t22-,23-/m1/s1. The fraction of sp³-hybridized carbons (Fsp3) is 0.200. The van der Waals surface area contributed by atoms with E-state index in [1.165, 1.54) is 0 Å². The molecule has 0 fully saturated rings. The summed E-state index contributed by atoms with van der Waals surface area (Å²) in [5.41, 5.74) is 11.2. The van der Waals surface area contributed by atoms with Crippen molar-refractivity contribution in [1.82, 2.24) is 0 Å². The van der Waals surface area contributed by atoms with Crippen molar-refractivity contribution in [2.75, 3.05) is 6.61 Å². The van der Waals surface area contributed by atoms with Crippen LogP contribution in [0.1, 0.15) is 22.6 Å². The van der Waals surface area contributed by atoms with Gasteiger partial charge in [-0.1, -0.05) is 72.3 Å². The van der Waals surface area contributed by atoms with Gasteiger partial charge < -0.3 is 15.6 Å². The Hall–Kier alpha value is -3.15. The number of carbonyl (C=O) groups excluding carboxylic acids is 1. The van der Waals surface area contributed by atoms with Crippen LogP contribution in [0.4, 0.5) is 0 Å². The Morgan fingerprint density at radius 3 is 2.16 bits per heavy atom. The topological polar surface area (TPSA) is 89.6 Å². The Balaban J connectivity index is 1.49. The van der Waals surface area contributed by atoms with Gasteiger partial charge in [0, 0.05) is 17.0 Å². The fourth-order valence-corrected chi connectivity index (χ4v) is 4.42. The van der Waals surface area contributed by atoms with E-state index in [0.29, 0.717) is 5.02 Å². The Kier molecular flexibility index (Phi) is 6.07. The van der Waals surface area contributed by atoms with Crippen LogP contribution in [-0.2, 0) is 20.7 Å². The van der Waals surface area contributed by atoms with Crippen LogP contribution in [0.15, 0.2) is 72.8 Å². The molecule has 158 valence electrons. The summed E-state index contributed by atoms with van der Waals surface area (Å²) in [6.45, 7) is 0.0561. The normalized spacial score (nSPS) is 14.4. The molecule has 0 radical (unpaired) electrons. The molecule has 6 heteroatoms. The highest BCUT2D eigenvalue weighted by Gasteiger charge is 2.36. The summed E-state index contributed by atoms with van der Waals surface area (Å²) in [6, 6.07) is 22.0. The van der Waals surface area contributed by atoms with Gasteiger partial charge in [0.1, 0.15) is 6.61 Å². The van der Waals surface area contributed by atoms with Gasteiger partial charge >= 0.3 is 11.9 Å². The van der Waals surface area contributed by atoms with Crippen molar-refractivity contribution >= 4 is 23.5 Å². The van der Waals surface area contributed by atoms with Crippen molar-refractivity contribution in [3.05, 3.63) is 94.5 Å². The highest BCUT2D eigenvalue weighted by Crippen LogP contribution is 2.44. The van der Waals surface area contributed by atoms with Gasteiger partial charge in [-0.05, 0) is 46.4 Å². The summed E-state index contributed by atoms with van der Waals surface area (Å²) in [4.78, 5) is 24.6. The van der Waals surface area contributed by atoms with Crippen LogP contribution >= 0.6 is 11.6 Å². The number of rotatable bonds is 7. The minimum absolute atomic E-state index is 0.0561. The lowest BCUT2D eigenvalue weighted by Gasteiger charge is -2.21. The summed E-state index contributed by atoms with van der Waals surface area (Å²) in [7, 11) is 0. The monoisotopic (exact) mass is 435 g/mol. The Labute approximate surface area is 185 Å². The summed E-state index contributed by atoms with van der Waals surface area (Å²) in [5.74, 6) is -3.74. The van der Waals surface area contributed by atoms with Crippen molar-refractivity contribution < 1.29 is 19.4 Å². The van der Waals surface area contributed by atoms with E-state index in [1.54, 1.807) is 24.3 Å². The first kappa shape index (κ1) is 21.1. The second-order valence-corrected chi connectivity index (χ2v) is 8.11. The van der Waals surface area contributed by atoms with Crippen molar-refractivity contribution in [1.29, 1.82) is 0 Å². The van der Waals surface area contributed by atoms with E-state index >= 15 is 0 Å². The lowest BCUT2D eigenvalue weighted by molar-refractivity contribution is -0.159. The lowest BCUT2D eigenvalue weighted by Crippen LogP contribution is -2.43. The van der Waals surface area contributed by atoms with Crippen LogP contribution in [0, 0.1) is 5.92 Å². The van der Waals surface area contributed by atoms with E-state index in [-0.39, 0.29) is 18.9 Å². The Morgan fingerprint density at radius 1 is 0.968 bits per heavy atom. The molecule has 3 N–H and O–H groups in total. The molecule has 0 heterocycles. The third-order valence-electron chi connectivity index (χ3n) is 5.66. The summed E-state index contributed by atoms with van der Waals surface area (Å²) in [6.07, 6.45) is 0.196. The SMILES string of the molecule is N[C@H](Cc1cccc(Cl)c1)[C@H](C(=O)O)C(=O)OCC1c2ccccc2-c2ccccc21. The highest BCUT2D eigenvalue weighted by atomic mass is 35.5. The van der Waals surface area contributed by atoms with Crippen LogP contribution in [0.3, 0.4) is 0 Å². The van der Waals surface area contributed by atoms with Crippen molar-refractivity contribution in [2.24, 2.45) is 11.7 Å². The van der Waals surface area contributed by atoms with Crippen molar-refractivity contribution in [3.63, 3.8) is 0 Å². The predicted octanol–water partition coefficient (Wildman–Crippen LogP) is 4.27. The van der Waals surface area contributed by atoms with Gasteiger partial charge in [-0.15, -0.1) is 0 Å². The van der Waals surface area contributed by atoms with Crippen molar-refractivity contribution in [3.8, 4) is 11.1 Å². The molecule has 1 aliphatic rings. The van der Waals surface area contributed by atoms with Gasteiger partial charge in [-0.2, -0.15) is 0 Å². The molecule has 0 amide bonds. The fourth-order valence-electron chi connectivity index (χ4n) is 4.21. The maximum Gasteiger partial charge on any atom is 0.321 e. The summed E-state index contributed by atoms with van der Waals surface area (Å²) >= 11 is 5.99. The molecule has 4 rings (SSSR count). The number of halogens is 1. The van der Waals surface area contributed by atoms with Crippen LogP contribution in [0.2, 0.25) is 5.02 Å². The quantitative estimate of drug-likeness (QED) is 0.427. The van der Waals surface area contributed by atoms with Crippen LogP contribution < -0.4 is 5.73 Å². The first-order valence-corrected chi connectivity index (χ1v) is 10.4. The number of carbonyl (C=O) groups is 2. The minimum Gasteiger partial charge on any atom is -0.481 e. The maximum atomic E-state index is 12.8. The zero-order valence-corrected chi connectivity index (χ0v) is 17.5. The van der Waals surface area contributed by atoms with E-state index < -0.39 is 23.9 Å². The third-order valence-corrected chi connectivity index (χ3v) is 5.90. The van der Waals surface area contributed by atoms with E-state index in [0.717, 1.165) is 27.8 Å². The number of ether oxygens (including phenoxy) is 1. The third kappa shape index (κ3) is 4.33. The van der Waals surface area contributed by atoms with E-state index in [4.69, 9.17) is 22.1 Å². The average molecular weight is 436 g/mol.